The van der Waals surface area contributed by atoms with Gasteiger partial charge in [-0.1, -0.05) is 12.6 Å². The molecule has 1 aromatic carbocycles. The highest BCUT2D eigenvalue weighted by molar-refractivity contribution is 7.90. The summed E-state index contributed by atoms with van der Waals surface area (Å²) in [5.41, 5.74) is -3.47. The van der Waals surface area contributed by atoms with Crippen LogP contribution in [0.4, 0.5) is 13.2 Å². The highest BCUT2D eigenvalue weighted by Crippen LogP contribution is 2.33. The highest BCUT2D eigenvalue weighted by atomic mass is 32.2. The maximum atomic E-state index is 12.4. The molecule has 1 amide bonds. The van der Waals surface area contributed by atoms with Gasteiger partial charge in [0.25, 0.3) is 0 Å². The summed E-state index contributed by atoms with van der Waals surface area (Å²) in [5.74, 6) is 0.0749. The molecule has 1 aliphatic rings. The number of fused-ring (bicyclic) bond motifs is 1. The third kappa shape index (κ3) is 4.76. The first-order chi connectivity index (χ1) is 12.0. The first-order valence-corrected chi connectivity index (χ1v) is 9.29. The Bertz CT molecular complexity index is 793. The number of aryl methyl sites for hydroxylation is 1. The summed E-state index contributed by atoms with van der Waals surface area (Å²) < 4.78 is 66.1. The molecule has 0 heterocycles. The Balaban J connectivity index is 2.00. The van der Waals surface area contributed by atoms with Crippen molar-refractivity contribution >= 4 is 15.9 Å². The molecule has 0 fully saturated rings. The molecule has 0 bridgehead atoms. The lowest BCUT2D eigenvalue weighted by Crippen LogP contribution is -2.43. The summed E-state index contributed by atoms with van der Waals surface area (Å²) in [7, 11) is -5.42. The molecule has 0 spiro atoms. The smallest absolute Gasteiger partial charge is 0.492 e. The van der Waals surface area contributed by atoms with Gasteiger partial charge >= 0.3 is 15.5 Å². The van der Waals surface area contributed by atoms with E-state index in [1.165, 1.54) is 17.7 Å². The molecule has 0 saturated carbocycles. The molecular weight excluding hydrogens is 373 g/mol. The lowest BCUT2D eigenvalue weighted by Gasteiger charge is -2.17. The van der Waals surface area contributed by atoms with E-state index in [9.17, 15) is 26.4 Å². The van der Waals surface area contributed by atoms with Gasteiger partial charge in [-0.15, -0.1) is 0 Å². The van der Waals surface area contributed by atoms with E-state index in [1.54, 1.807) is 12.1 Å². The van der Waals surface area contributed by atoms with E-state index >= 15 is 0 Å². The van der Waals surface area contributed by atoms with Crippen LogP contribution in [0.1, 0.15) is 30.5 Å². The molecule has 0 unspecified atom stereocenters. The van der Waals surface area contributed by atoms with Crippen LogP contribution in [0.15, 0.2) is 30.9 Å². The highest BCUT2D eigenvalue weighted by Gasteiger charge is 2.46. The van der Waals surface area contributed by atoms with Crippen molar-refractivity contribution in [2.24, 2.45) is 0 Å². The number of alkyl halides is 3. The largest absolute Gasteiger partial charge is 0.511 e. The molecular formula is C16H19F3N2O4S. The Hall–Kier alpha value is -2.07. The minimum absolute atomic E-state index is 0.194. The van der Waals surface area contributed by atoms with Crippen molar-refractivity contribution in [3.63, 3.8) is 0 Å². The van der Waals surface area contributed by atoms with Gasteiger partial charge in [0.05, 0.1) is 12.1 Å². The molecule has 0 saturated heterocycles. The minimum Gasteiger partial charge on any atom is -0.492 e. The fourth-order valence-corrected chi connectivity index (χ4v) is 3.37. The first kappa shape index (κ1) is 20.2. The third-order valence-electron chi connectivity index (χ3n) is 3.86. The quantitative estimate of drug-likeness (QED) is 0.697. The zero-order valence-electron chi connectivity index (χ0n) is 14.0. The molecule has 1 aliphatic carbocycles. The second-order valence-electron chi connectivity index (χ2n) is 5.94. The number of benzene rings is 1. The van der Waals surface area contributed by atoms with Crippen molar-refractivity contribution in [3.05, 3.63) is 42.0 Å². The predicted molar refractivity (Wildman–Crippen MR) is 88.9 cm³/mol. The van der Waals surface area contributed by atoms with Crippen molar-refractivity contribution in [1.29, 1.82) is 0 Å². The van der Waals surface area contributed by atoms with E-state index in [-0.39, 0.29) is 18.6 Å². The van der Waals surface area contributed by atoms with Crippen molar-refractivity contribution in [1.82, 2.24) is 10.0 Å². The van der Waals surface area contributed by atoms with Gasteiger partial charge in [0.2, 0.25) is 5.91 Å². The summed E-state index contributed by atoms with van der Waals surface area (Å²) in [6.45, 7) is 4.39. The van der Waals surface area contributed by atoms with Gasteiger partial charge in [-0.05, 0) is 49.1 Å². The van der Waals surface area contributed by atoms with Crippen LogP contribution in [0.2, 0.25) is 0 Å². The number of rotatable bonds is 7. The molecule has 144 valence electrons. The normalized spacial score (nSPS) is 18.1. The van der Waals surface area contributed by atoms with Gasteiger partial charge < -0.3 is 10.1 Å². The van der Waals surface area contributed by atoms with E-state index in [0.29, 0.717) is 5.75 Å². The molecule has 10 heteroatoms. The monoisotopic (exact) mass is 392 g/mol. The van der Waals surface area contributed by atoms with Crippen LogP contribution in [0, 0.1) is 0 Å². The Morgan fingerprint density at radius 3 is 2.77 bits per heavy atom. The number of hydrogen-bond acceptors (Lipinski definition) is 4. The number of hydrogen-bond donors (Lipinski definition) is 2. The van der Waals surface area contributed by atoms with Crippen molar-refractivity contribution in [2.75, 3.05) is 6.61 Å². The van der Waals surface area contributed by atoms with Gasteiger partial charge in [-0.25, -0.2) is 13.1 Å². The fraction of sp³-hybridized carbons (Fsp3) is 0.438. The van der Waals surface area contributed by atoms with Crippen LogP contribution in [0.3, 0.4) is 0 Å². The zero-order valence-corrected chi connectivity index (χ0v) is 14.8. The average Bonchev–Trinajstić information content (AvgIpc) is 2.93. The van der Waals surface area contributed by atoms with Crippen LogP contribution in [-0.4, -0.2) is 32.5 Å². The Morgan fingerprint density at radius 2 is 2.15 bits per heavy atom. The molecule has 0 aliphatic heterocycles. The summed E-state index contributed by atoms with van der Waals surface area (Å²) in [4.78, 5) is 11.5. The van der Waals surface area contributed by atoms with E-state index in [0.717, 1.165) is 24.0 Å². The molecule has 2 N–H and O–H groups in total. The number of nitrogens with one attached hydrogen (secondary N) is 2. The molecule has 0 aromatic heterocycles. The predicted octanol–water partition coefficient (Wildman–Crippen LogP) is 2.18. The van der Waals surface area contributed by atoms with Crippen LogP contribution < -0.4 is 14.8 Å². The van der Waals surface area contributed by atoms with Crippen LogP contribution in [0.5, 0.6) is 5.75 Å². The van der Waals surface area contributed by atoms with E-state index in [2.05, 4.69) is 11.9 Å². The Labute approximate surface area is 149 Å². The number of carbonyl (C=O) groups is 1. The third-order valence-corrected chi connectivity index (χ3v) is 5.18. The number of halogens is 3. The van der Waals surface area contributed by atoms with Crippen molar-refractivity contribution in [2.45, 2.75) is 37.4 Å². The Kier molecular flexibility index (Phi) is 5.97. The molecule has 2 rings (SSSR count). The number of carbonyl (C=O) groups excluding carboxylic acids is 1. The van der Waals surface area contributed by atoms with Crippen LogP contribution >= 0.6 is 0 Å². The topological polar surface area (TPSA) is 84.5 Å². The molecule has 6 nitrogen and oxygen atoms in total. The van der Waals surface area contributed by atoms with Gasteiger partial charge in [0.15, 0.2) is 0 Å². The van der Waals surface area contributed by atoms with Crippen LogP contribution in [0.25, 0.3) is 0 Å². The van der Waals surface area contributed by atoms with Gasteiger partial charge in [-0.2, -0.15) is 13.2 Å². The molecule has 1 aromatic rings. The molecule has 0 radical (unpaired) electrons. The van der Waals surface area contributed by atoms with Gasteiger partial charge in [-0.3, -0.25) is 4.79 Å². The van der Waals surface area contributed by atoms with Gasteiger partial charge in [0, 0.05) is 0 Å². The standard InChI is InChI=1S/C16H19F3N2O4S/c1-3-15(22)20-14-7-5-11-4-6-12(8-13(11)14)25-9-10(2)21-26(23,24)16(17,18)19/h3-4,6,8,10,14,21H,1,5,7,9H2,2H3,(H,20,22)/t10-,14-/m0/s1. The summed E-state index contributed by atoms with van der Waals surface area (Å²) >= 11 is 0. The maximum absolute atomic E-state index is 12.4. The summed E-state index contributed by atoms with van der Waals surface area (Å²) in [6.07, 6.45) is 2.67. The number of amides is 1. The van der Waals surface area contributed by atoms with Gasteiger partial charge in [0.1, 0.15) is 12.4 Å². The van der Waals surface area contributed by atoms with E-state index < -0.39 is 21.6 Å². The SMILES string of the molecule is C=CC(=O)N[C@H]1CCc2ccc(OC[C@H](C)NS(=O)(=O)C(F)(F)F)cc21. The molecule has 2 atom stereocenters. The van der Waals surface area contributed by atoms with Crippen molar-refractivity contribution in [3.8, 4) is 5.75 Å². The zero-order chi connectivity index (χ0) is 19.5. The van der Waals surface area contributed by atoms with E-state index in [4.69, 9.17) is 4.74 Å². The first-order valence-electron chi connectivity index (χ1n) is 7.80. The Morgan fingerprint density at radius 1 is 1.46 bits per heavy atom. The maximum Gasteiger partial charge on any atom is 0.511 e. The van der Waals surface area contributed by atoms with E-state index in [1.807, 2.05) is 6.07 Å². The summed E-state index contributed by atoms with van der Waals surface area (Å²) in [5, 5.41) is 2.80. The lowest BCUT2D eigenvalue weighted by molar-refractivity contribution is -0.117. The second kappa shape index (κ2) is 7.67. The lowest BCUT2D eigenvalue weighted by atomic mass is 10.1. The second-order valence-corrected chi connectivity index (χ2v) is 7.65. The summed E-state index contributed by atoms with van der Waals surface area (Å²) in [6, 6.07) is 3.89. The van der Waals surface area contributed by atoms with Crippen LogP contribution in [-0.2, 0) is 21.2 Å². The molecule has 26 heavy (non-hydrogen) atoms. The fourth-order valence-electron chi connectivity index (χ4n) is 2.64. The van der Waals surface area contributed by atoms with Crippen molar-refractivity contribution < 1.29 is 31.1 Å². The number of ether oxygens (including phenoxy) is 1. The minimum atomic E-state index is -5.42. The number of sulfonamides is 1. The average molecular weight is 392 g/mol.